The van der Waals surface area contributed by atoms with Crippen LogP contribution in [0.3, 0.4) is 0 Å². The van der Waals surface area contributed by atoms with E-state index in [-0.39, 0.29) is 11.8 Å². The number of hydrogen-bond acceptors (Lipinski definition) is 4. The van der Waals surface area contributed by atoms with E-state index in [1.54, 1.807) is 5.51 Å². The highest BCUT2D eigenvalue weighted by atomic mass is 32.1. The Morgan fingerprint density at radius 1 is 1.39 bits per heavy atom. The first-order valence-electron chi connectivity index (χ1n) is 5.99. The fraction of sp³-hybridized carbons (Fsp3) is 0.308. The maximum Gasteiger partial charge on any atom is 0.233 e. The SMILES string of the molecule is O=C(Nc1nncs1)[C@@H]1CCCc2ccccc21. The maximum absolute atomic E-state index is 12.3. The van der Waals surface area contributed by atoms with Crippen LogP contribution < -0.4 is 5.32 Å². The molecule has 0 radical (unpaired) electrons. The second kappa shape index (κ2) is 4.86. The first-order chi connectivity index (χ1) is 8.84. The molecule has 0 aliphatic heterocycles. The molecule has 1 N–H and O–H groups in total. The topological polar surface area (TPSA) is 54.9 Å². The van der Waals surface area contributed by atoms with Crippen molar-refractivity contribution >= 4 is 22.4 Å². The average molecular weight is 259 g/mol. The van der Waals surface area contributed by atoms with E-state index in [2.05, 4.69) is 27.6 Å². The van der Waals surface area contributed by atoms with Gasteiger partial charge in [0.15, 0.2) is 0 Å². The van der Waals surface area contributed by atoms with Gasteiger partial charge in [0.25, 0.3) is 0 Å². The molecule has 0 spiro atoms. The van der Waals surface area contributed by atoms with Crippen molar-refractivity contribution < 1.29 is 4.79 Å². The van der Waals surface area contributed by atoms with Gasteiger partial charge < -0.3 is 0 Å². The lowest BCUT2D eigenvalue weighted by Crippen LogP contribution is -2.24. The number of benzene rings is 1. The first-order valence-corrected chi connectivity index (χ1v) is 6.87. The number of aryl methyl sites for hydroxylation is 1. The number of carbonyl (C=O) groups is 1. The number of nitrogens with zero attached hydrogens (tertiary/aromatic N) is 2. The molecule has 1 aromatic heterocycles. The number of nitrogens with one attached hydrogen (secondary N) is 1. The van der Waals surface area contributed by atoms with E-state index in [1.807, 2.05) is 12.1 Å². The smallest absolute Gasteiger partial charge is 0.233 e. The summed E-state index contributed by atoms with van der Waals surface area (Å²) < 4.78 is 0. The lowest BCUT2D eigenvalue weighted by molar-refractivity contribution is -0.117. The van der Waals surface area contributed by atoms with Gasteiger partial charge in [-0.05, 0) is 30.4 Å². The molecule has 0 saturated heterocycles. The number of carbonyl (C=O) groups excluding carboxylic acids is 1. The van der Waals surface area contributed by atoms with E-state index in [9.17, 15) is 4.79 Å². The van der Waals surface area contributed by atoms with Crippen molar-refractivity contribution in [1.29, 1.82) is 0 Å². The van der Waals surface area contributed by atoms with Crippen molar-refractivity contribution in [3.63, 3.8) is 0 Å². The molecule has 1 aliphatic rings. The molecule has 2 aromatic rings. The number of hydrogen-bond donors (Lipinski definition) is 1. The van der Waals surface area contributed by atoms with Crippen LogP contribution in [-0.2, 0) is 11.2 Å². The molecule has 1 aliphatic carbocycles. The van der Waals surface area contributed by atoms with Gasteiger partial charge in [0, 0.05) is 0 Å². The lowest BCUT2D eigenvalue weighted by atomic mass is 9.82. The summed E-state index contributed by atoms with van der Waals surface area (Å²) in [5.74, 6) is -0.0299. The molecule has 1 aromatic carbocycles. The summed E-state index contributed by atoms with van der Waals surface area (Å²) in [4.78, 5) is 12.3. The Morgan fingerprint density at radius 3 is 3.11 bits per heavy atom. The van der Waals surface area contributed by atoms with Gasteiger partial charge in [0.05, 0.1) is 5.92 Å². The standard InChI is InChI=1S/C13H13N3OS/c17-12(15-13-16-14-8-18-13)11-7-3-5-9-4-1-2-6-10(9)11/h1-2,4,6,8,11H,3,5,7H2,(H,15,16,17)/t11-/m1/s1. The van der Waals surface area contributed by atoms with Gasteiger partial charge in [-0.2, -0.15) is 0 Å². The zero-order chi connectivity index (χ0) is 12.4. The lowest BCUT2D eigenvalue weighted by Gasteiger charge is -2.24. The first kappa shape index (κ1) is 11.3. The van der Waals surface area contributed by atoms with E-state index < -0.39 is 0 Å². The Labute approximate surface area is 109 Å². The largest absolute Gasteiger partial charge is 0.300 e. The monoisotopic (exact) mass is 259 g/mol. The molecule has 0 saturated carbocycles. The van der Waals surface area contributed by atoms with E-state index in [0.29, 0.717) is 5.13 Å². The van der Waals surface area contributed by atoms with Gasteiger partial charge in [-0.15, -0.1) is 10.2 Å². The average Bonchev–Trinajstić information content (AvgIpc) is 2.91. The van der Waals surface area contributed by atoms with Crippen molar-refractivity contribution in [2.24, 2.45) is 0 Å². The zero-order valence-corrected chi connectivity index (χ0v) is 10.6. The van der Waals surface area contributed by atoms with Crippen molar-refractivity contribution in [3.05, 3.63) is 40.9 Å². The third-order valence-corrected chi connectivity index (χ3v) is 3.88. The number of rotatable bonds is 2. The maximum atomic E-state index is 12.3. The fourth-order valence-corrected chi connectivity index (χ4v) is 2.89. The second-order valence-electron chi connectivity index (χ2n) is 4.38. The minimum atomic E-state index is -0.0566. The number of aromatic nitrogens is 2. The number of fused-ring (bicyclic) bond motifs is 1. The number of amides is 1. The van der Waals surface area contributed by atoms with Crippen molar-refractivity contribution in [2.45, 2.75) is 25.2 Å². The Balaban J connectivity index is 1.83. The van der Waals surface area contributed by atoms with E-state index in [0.717, 1.165) is 24.8 Å². The predicted molar refractivity (Wildman–Crippen MR) is 70.7 cm³/mol. The minimum Gasteiger partial charge on any atom is -0.300 e. The summed E-state index contributed by atoms with van der Waals surface area (Å²) >= 11 is 1.34. The highest BCUT2D eigenvalue weighted by molar-refractivity contribution is 7.13. The van der Waals surface area contributed by atoms with E-state index in [4.69, 9.17) is 0 Å². The van der Waals surface area contributed by atoms with E-state index >= 15 is 0 Å². The van der Waals surface area contributed by atoms with Crippen molar-refractivity contribution in [1.82, 2.24) is 10.2 Å². The van der Waals surface area contributed by atoms with Crippen LogP contribution in [0.2, 0.25) is 0 Å². The van der Waals surface area contributed by atoms with Gasteiger partial charge in [0.2, 0.25) is 11.0 Å². The van der Waals surface area contributed by atoms with Crippen LogP contribution in [-0.4, -0.2) is 16.1 Å². The fourth-order valence-electron chi connectivity index (χ4n) is 2.45. The van der Waals surface area contributed by atoms with Gasteiger partial charge in [-0.1, -0.05) is 35.6 Å². The molecule has 5 heteroatoms. The van der Waals surface area contributed by atoms with Crippen LogP contribution in [0.1, 0.15) is 29.9 Å². The molecule has 0 unspecified atom stereocenters. The normalized spacial score (nSPS) is 18.1. The molecule has 4 nitrogen and oxygen atoms in total. The van der Waals surface area contributed by atoms with Crippen LogP contribution in [0.5, 0.6) is 0 Å². The van der Waals surface area contributed by atoms with Gasteiger partial charge >= 0.3 is 0 Å². The minimum absolute atomic E-state index is 0.0268. The summed E-state index contributed by atoms with van der Waals surface area (Å²) in [5, 5.41) is 11.0. The van der Waals surface area contributed by atoms with Crippen LogP contribution in [0.15, 0.2) is 29.8 Å². The van der Waals surface area contributed by atoms with Gasteiger partial charge in [0.1, 0.15) is 5.51 Å². The molecule has 1 atom stereocenters. The predicted octanol–water partition coefficient (Wildman–Crippen LogP) is 2.60. The third-order valence-electron chi connectivity index (χ3n) is 3.28. The molecular formula is C13H13N3OS. The third kappa shape index (κ3) is 2.13. The quantitative estimate of drug-likeness (QED) is 0.902. The highest BCUT2D eigenvalue weighted by Crippen LogP contribution is 2.32. The Hall–Kier alpha value is -1.75. The van der Waals surface area contributed by atoms with E-state index in [1.165, 1.54) is 16.9 Å². The second-order valence-corrected chi connectivity index (χ2v) is 5.21. The molecule has 0 fully saturated rings. The van der Waals surface area contributed by atoms with Crippen LogP contribution in [0.25, 0.3) is 0 Å². The zero-order valence-electron chi connectivity index (χ0n) is 9.80. The molecule has 1 heterocycles. The molecule has 1 amide bonds. The summed E-state index contributed by atoms with van der Waals surface area (Å²) in [6, 6.07) is 8.19. The van der Waals surface area contributed by atoms with Crippen LogP contribution in [0.4, 0.5) is 5.13 Å². The van der Waals surface area contributed by atoms with Gasteiger partial charge in [-0.3, -0.25) is 10.1 Å². The van der Waals surface area contributed by atoms with Crippen molar-refractivity contribution in [3.8, 4) is 0 Å². The molecule has 18 heavy (non-hydrogen) atoms. The Morgan fingerprint density at radius 2 is 2.28 bits per heavy atom. The van der Waals surface area contributed by atoms with Gasteiger partial charge in [-0.25, -0.2) is 0 Å². The summed E-state index contributed by atoms with van der Waals surface area (Å²) in [5.41, 5.74) is 4.07. The molecule has 0 bridgehead atoms. The van der Waals surface area contributed by atoms with Crippen LogP contribution in [0, 0.1) is 0 Å². The summed E-state index contributed by atoms with van der Waals surface area (Å²) in [7, 11) is 0. The molecule has 92 valence electrons. The Kier molecular flexibility index (Phi) is 3.06. The van der Waals surface area contributed by atoms with Crippen molar-refractivity contribution in [2.75, 3.05) is 5.32 Å². The summed E-state index contributed by atoms with van der Waals surface area (Å²) in [6.45, 7) is 0. The highest BCUT2D eigenvalue weighted by Gasteiger charge is 2.26. The molecule has 3 rings (SSSR count). The van der Waals surface area contributed by atoms with Crippen LogP contribution >= 0.6 is 11.3 Å². The number of anilines is 1. The summed E-state index contributed by atoms with van der Waals surface area (Å²) in [6.07, 6.45) is 3.03. The Bertz CT molecular complexity index is 553. The molecular weight excluding hydrogens is 246 g/mol.